The zero-order valence-electron chi connectivity index (χ0n) is 11.0. The van der Waals surface area contributed by atoms with Crippen LogP contribution in [0.5, 0.6) is 5.75 Å². The van der Waals surface area contributed by atoms with Crippen LogP contribution in [0.15, 0.2) is 18.2 Å². The third-order valence-corrected chi connectivity index (χ3v) is 2.52. The summed E-state index contributed by atoms with van der Waals surface area (Å²) in [4.78, 5) is 2.27. The Balaban J connectivity index is 2.76. The van der Waals surface area contributed by atoms with Gasteiger partial charge in [-0.2, -0.15) is 5.26 Å². The predicted molar refractivity (Wildman–Crippen MR) is 68.9 cm³/mol. The zero-order valence-corrected chi connectivity index (χ0v) is 11.0. The van der Waals surface area contributed by atoms with Gasteiger partial charge in [-0.3, -0.25) is 0 Å². The minimum atomic E-state index is 0.586. The van der Waals surface area contributed by atoms with Crippen LogP contribution in [0.3, 0.4) is 0 Å². The van der Waals surface area contributed by atoms with Gasteiger partial charge >= 0.3 is 0 Å². The lowest BCUT2D eigenvalue weighted by Gasteiger charge is -2.19. The number of hydrogen-bond acceptors (Lipinski definition) is 3. The summed E-state index contributed by atoms with van der Waals surface area (Å²) in [5.74, 6) is 1.31. The molecule has 0 bridgehead atoms. The van der Waals surface area contributed by atoms with E-state index in [0.29, 0.717) is 17.2 Å². The molecular formula is C14H20N2O. The molecule has 0 aromatic heterocycles. The monoisotopic (exact) mass is 232 g/mol. The topological polar surface area (TPSA) is 36.3 Å². The van der Waals surface area contributed by atoms with Crippen molar-refractivity contribution in [1.82, 2.24) is 4.90 Å². The normalized spacial score (nSPS) is 10.6. The highest BCUT2D eigenvalue weighted by molar-refractivity contribution is 5.45. The zero-order chi connectivity index (χ0) is 12.8. The Bertz CT molecular complexity index is 407. The molecule has 17 heavy (non-hydrogen) atoms. The molecule has 1 aromatic carbocycles. The molecule has 0 aliphatic heterocycles. The number of methoxy groups -OCH3 is 1. The van der Waals surface area contributed by atoms with Crippen molar-refractivity contribution in [3.8, 4) is 11.8 Å². The molecule has 0 saturated carbocycles. The summed E-state index contributed by atoms with van der Waals surface area (Å²) < 4.78 is 5.20. The van der Waals surface area contributed by atoms with E-state index in [2.05, 4.69) is 31.9 Å². The van der Waals surface area contributed by atoms with E-state index in [0.717, 1.165) is 13.1 Å². The van der Waals surface area contributed by atoms with Gasteiger partial charge in [-0.1, -0.05) is 19.9 Å². The molecule has 3 nitrogen and oxygen atoms in total. The lowest BCUT2D eigenvalue weighted by atomic mass is 10.1. The molecule has 0 spiro atoms. The summed E-state index contributed by atoms with van der Waals surface area (Å²) in [5.41, 5.74) is 1.76. The standard InChI is InChI=1S/C14H20N2O/c1-11(2)9-16(3)10-12-5-6-13(8-15)14(7-12)17-4/h5-7,11H,9-10H2,1-4H3. The third kappa shape index (κ3) is 4.08. The number of ether oxygens (including phenoxy) is 1. The van der Waals surface area contributed by atoms with Gasteiger partial charge in [0.05, 0.1) is 12.7 Å². The van der Waals surface area contributed by atoms with Crippen LogP contribution in [0.1, 0.15) is 25.0 Å². The number of nitrogens with zero attached hydrogens (tertiary/aromatic N) is 2. The van der Waals surface area contributed by atoms with E-state index in [4.69, 9.17) is 10.00 Å². The second kappa shape index (κ2) is 6.27. The van der Waals surface area contributed by atoms with Crippen LogP contribution in [0.2, 0.25) is 0 Å². The van der Waals surface area contributed by atoms with E-state index in [1.807, 2.05) is 18.2 Å². The second-order valence-electron chi connectivity index (χ2n) is 4.74. The Morgan fingerprint density at radius 2 is 2.12 bits per heavy atom. The maximum absolute atomic E-state index is 8.90. The van der Waals surface area contributed by atoms with Crippen LogP contribution in [-0.2, 0) is 6.54 Å². The fraction of sp³-hybridized carbons (Fsp3) is 0.500. The summed E-state index contributed by atoms with van der Waals surface area (Å²) in [5, 5.41) is 8.90. The summed E-state index contributed by atoms with van der Waals surface area (Å²) >= 11 is 0. The number of rotatable bonds is 5. The van der Waals surface area contributed by atoms with Gasteiger partial charge in [-0.25, -0.2) is 0 Å². The van der Waals surface area contributed by atoms with Gasteiger partial charge in [0.25, 0.3) is 0 Å². The van der Waals surface area contributed by atoms with Gasteiger partial charge in [0.2, 0.25) is 0 Å². The van der Waals surface area contributed by atoms with Gasteiger partial charge in [0.1, 0.15) is 11.8 Å². The fourth-order valence-electron chi connectivity index (χ4n) is 1.93. The quantitative estimate of drug-likeness (QED) is 0.783. The van der Waals surface area contributed by atoms with E-state index in [9.17, 15) is 0 Å². The van der Waals surface area contributed by atoms with Crippen molar-refractivity contribution in [1.29, 1.82) is 5.26 Å². The predicted octanol–water partition coefficient (Wildman–Crippen LogP) is 2.65. The van der Waals surface area contributed by atoms with Crippen LogP contribution in [-0.4, -0.2) is 25.6 Å². The van der Waals surface area contributed by atoms with Gasteiger partial charge in [-0.15, -0.1) is 0 Å². The second-order valence-corrected chi connectivity index (χ2v) is 4.74. The van der Waals surface area contributed by atoms with E-state index in [-0.39, 0.29) is 0 Å². The molecule has 0 heterocycles. The highest BCUT2D eigenvalue weighted by Crippen LogP contribution is 2.20. The molecule has 1 aromatic rings. The van der Waals surface area contributed by atoms with E-state index in [1.165, 1.54) is 5.56 Å². The maximum atomic E-state index is 8.90. The average molecular weight is 232 g/mol. The molecule has 0 radical (unpaired) electrons. The van der Waals surface area contributed by atoms with Gasteiger partial charge in [-0.05, 0) is 30.7 Å². The van der Waals surface area contributed by atoms with Crippen LogP contribution in [0, 0.1) is 17.2 Å². The van der Waals surface area contributed by atoms with E-state index < -0.39 is 0 Å². The van der Waals surface area contributed by atoms with Crippen LogP contribution >= 0.6 is 0 Å². The first-order valence-electron chi connectivity index (χ1n) is 5.82. The third-order valence-electron chi connectivity index (χ3n) is 2.52. The molecule has 0 aliphatic rings. The van der Waals surface area contributed by atoms with Gasteiger partial charge < -0.3 is 9.64 Å². The summed E-state index contributed by atoms with van der Waals surface area (Å²) in [6, 6.07) is 7.86. The molecule has 1 rings (SSSR count). The van der Waals surface area contributed by atoms with Crippen LogP contribution in [0.4, 0.5) is 0 Å². The van der Waals surface area contributed by atoms with Crippen molar-refractivity contribution in [2.45, 2.75) is 20.4 Å². The Morgan fingerprint density at radius 3 is 2.65 bits per heavy atom. The number of hydrogen-bond donors (Lipinski definition) is 0. The summed E-state index contributed by atoms with van der Waals surface area (Å²) in [6.07, 6.45) is 0. The van der Waals surface area contributed by atoms with Gasteiger partial charge in [0, 0.05) is 13.1 Å². The molecule has 3 heteroatoms. The number of nitriles is 1. The van der Waals surface area contributed by atoms with Crippen LogP contribution < -0.4 is 4.74 Å². The lowest BCUT2D eigenvalue weighted by Crippen LogP contribution is -2.22. The number of benzene rings is 1. The molecule has 0 aliphatic carbocycles. The molecule has 0 unspecified atom stereocenters. The summed E-state index contributed by atoms with van der Waals surface area (Å²) in [6.45, 7) is 6.34. The molecule has 0 fully saturated rings. The molecular weight excluding hydrogens is 212 g/mol. The van der Waals surface area contributed by atoms with E-state index in [1.54, 1.807) is 7.11 Å². The smallest absolute Gasteiger partial charge is 0.136 e. The first-order chi connectivity index (χ1) is 8.06. The summed E-state index contributed by atoms with van der Waals surface area (Å²) in [7, 11) is 3.70. The van der Waals surface area contributed by atoms with Crippen LogP contribution in [0.25, 0.3) is 0 Å². The maximum Gasteiger partial charge on any atom is 0.136 e. The first-order valence-corrected chi connectivity index (χ1v) is 5.82. The fourth-order valence-corrected chi connectivity index (χ4v) is 1.93. The minimum Gasteiger partial charge on any atom is -0.495 e. The van der Waals surface area contributed by atoms with Crippen molar-refractivity contribution < 1.29 is 4.74 Å². The molecule has 0 amide bonds. The Hall–Kier alpha value is -1.53. The van der Waals surface area contributed by atoms with Crippen molar-refractivity contribution >= 4 is 0 Å². The van der Waals surface area contributed by atoms with Crippen molar-refractivity contribution in [2.24, 2.45) is 5.92 Å². The highest BCUT2D eigenvalue weighted by atomic mass is 16.5. The Labute approximate surface area is 104 Å². The molecule has 92 valence electrons. The average Bonchev–Trinajstić information content (AvgIpc) is 2.27. The minimum absolute atomic E-state index is 0.586. The Morgan fingerprint density at radius 1 is 1.41 bits per heavy atom. The highest BCUT2D eigenvalue weighted by Gasteiger charge is 2.06. The van der Waals surface area contributed by atoms with Crippen molar-refractivity contribution in [3.63, 3.8) is 0 Å². The van der Waals surface area contributed by atoms with Crippen molar-refractivity contribution in [2.75, 3.05) is 20.7 Å². The van der Waals surface area contributed by atoms with Gasteiger partial charge in [0.15, 0.2) is 0 Å². The largest absolute Gasteiger partial charge is 0.495 e. The molecule has 0 N–H and O–H groups in total. The Kier molecular flexibility index (Phi) is 4.99. The molecule has 0 atom stereocenters. The lowest BCUT2D eigenvalue weighted by molar-refractivity contribution is 0.288. The first kappa shape index (κ1) is 13.5. The van der Waals surface area contributed by atoms with Crippen molar-refractivity contribution in [3.05, 3.63) is 29.3 Å². The molecule has 0 saturated heterocycles. The van der Waals surface area contributed by atoms with E-state index >= 15 is 0 Å². The SMILES string of the molecule is COc1cc(CN(C)CC(C)C)ccc1C#N.